The minimum absolute atomic E-state index is 0.0308. The summed E-state index contributed by atoms with van der Waals surface area (Å²) in [6, 6.07) is 9.07. The molecule has 7 N–H and O–H groups in total. The SMILES string of the molecule is COc1ccc(-c2coc3cc(O[C@@H]4O[C@H](CO[C@@H]5OC[C@@](O)(CO)[C@H]5O)[C@@H](O)[C@H](O)[C@H]4O)cc(O)c3c2=O)cc1. The van der Waals surface area contributed by atoms with Crippen LogP contribution in [0.25, 0.3) is 22.1 Å². The summed E-state index contributed by atoms with van der Waals surface area (Å²) in [5, 5.41) is 71.3. The summed E-state index contributed by atoms with van der Waals surface area (Å²) in [5.74, 6) is 0.0294. The fourth-order valence-corrected chi connectivity index (χ4v) is 4.66. The fourth-order valence-electron chi connectivity index (χ4n) is 4.66. The first-order valence-electron chi connectivity index (χ1n) is 12.6. The van der Waals surface area contributed by atoms with Gasteiger partial charge in [0.05, 0.1) is 32.5 Å². The van der Waals surface area contributed by atoms with Gasteiger partial charge in [-0.05, 0) is 17.7 Å². The Morgan fingerprint density at radius 3 is 2.39 bits per heavy atom. The largest absolute Gasteiger partial charge is 0.507 e. The van der Waals surface area contributed by atoms with Crippen LogP contribution in [0.2, 0.25) is 0 Å². The second-order valence-corrected chi connectivity index (χ2v) is 9.87. The van der Waals surface area contributed by atoms with Crippen LogP contribution in [0.1, 0.15) is 0 Å². The van der Waals surface area contributed by atoms with Crippen LogP contribution >= 0.6 is 0 Å². The fraction of sp³-hybridized carbons (Fsp3) is 0.444. The first-order chi connectivity index (χ1) is 19.6. The third kappa shape index (κ3) is 5.49. The van der Waals surface area contributed by atoms with Gasteiger partial charge in [0.1, 0.15) is 70.6 Å². The van der Waals surface area contributed by atoms with Gasteiger partial charge in [-0.3, -0.25) is 4.79 Å². The summed E-state index contributed by atoms with van der Waals surface area (Å²) < 4.78 is 32.5. The summed E-state index contributed by atoms with van der Waals surface area (Å²) in [5.41, 5.74) is -1.73. The summed E-state index contributed by atoms with van der Waals surface area (Å²) in [7, 11) is 1.52. The predicted molar refractivity (Wildman–Crippen MR) is 137 cm³/mol. The first-order valence-corrected chi connectivity index (χ1v) is 12.6. The van der Waals surface area contributed by atoms with Crippen LogP contribution in [0.3, 0.4) is 0 Å². The molecule has 14 nitrogen and oxygen atoms in total. The van der Waals surface area contributed by atoms with E-state index in [-0.39, 0.29) is 22.3 Å². The van der Waals surface area contributed by atoms with Crippen molar-refractivity contribution < 1.29 is 63.8 Å². The van der Waals surface area contributed by atoms with Crippen LogP contribution in [0.15, 0.2) is 51.9 Å². The number of benzene rings is 2. The lowest BCUT2D eigenvalue weighted by Crippen LogP contribution is -2.60. The van der Waals surface area contributed by atoms with Crippen molar-refractivity contribution in [3.63, 3.8) is 0 Å². The molecule has 0 saturated carbocycles. The Morgan fingerprint density at radius 2 is 1.73 bits per heavy atom. The van der Waals surface area contributed by atoms with Gasteiger partial charge in [-0.1, -0.05) is 12.1 Å². The van der Waals surface area contributed by atoms with E-state index in [2.05, 4.69) is 0 Å². The average Bonchev–Trinajstić information content (AvgIpc) is 3.26. The number of aliphatic hydroxyl groups is 6. The monoisotopic (exact) mass is 578 g/mol. The van der Waals surface area contributed by atoms with Gasteiger partial charge in [-0.2, -0.15) is 0 Å². The molecule has 222 valence electrons. The van der Waals surface area contributed by atoms with E-state index in [0.29, 0.717) is 11.3 Å². The zero-order valence-electron chi connectivity index (χ0n) is 21.7. The van der Waals surface area contributed by atoms with Crippen molar-refractivity contribution >= 4 is 11.0 Å². The molecule has 0 radical (unpaired) electrons. The molecule has 3 aromatic rings. The second kappa shape index (κ2) is 11.5. The van der Waals surface area contributed by atoms with E-state index in [9.17, 15) is 40.5 Å². The van der Waals surface area contributed by atoms with E-state index < -0.39 is 79.7 Å². The zero-order valence-corrected chi connectivity index (χ0v) is 21.7. The molecule has 0 unspecified atom stereocenters. The van der Waals surface area contributed by atoms with Crippen LogP contribution in [-0.2, 0) is 14.2 Å². The van der Waals surface area contributed by atoms with Crippen molar-refractivity contribution in [1.29, 1.82) is 0 Å². The Hall–Kier alpha value is -3.31. The minimum atomic E-state index is -1.93. The van der Waals surface area contributed by atoms with Crippen molar-refractivity contribution in [2.24, 2.45) is 0 Å². The molecule has 0 spiro atoms. The Balaban J connectivity index is 1.33. The third-order valence-electron chi connectivity index (χ3n) is 7.16. The minimum Gasteiger partial charge on any atom is -0.507 e. The zero-order chi connectivity index (χ0) is 29.5. The molecule has 1 aromatic heterocycles. The molecule has 14 heteroatoms. The quantitative estimate of drug-likeness (QED) is 0.167. The summed E-state index contributed by atoms with van der Waals surface area (Å²) in [6.45, 7) is -1.65. The third-order valence-corrected chi connectivity index (χ3v) is 7.16. The molecule has 2 saturated heterocycles. The van der Waals surface area contributed by atoms with Gasteiger partial charge in [0.15, 0.2) is 6.29 Å². The van der Waals surface area contributed by atoms with Crippen LogP contribution in [0.4, 0.5) is 0 Å². The molecule has 41 heavy (non-hydrogen) atoms. The molecule has 8 atom stereocenters. The molecule has 2 aromatic carbocycles. The number of fused-ring (bicyclic) bond motifs is 1. The van der Waals surface area contributed by atoms with Crippen LogP contribution < -0.4 is 14.9 Å². The Bertz CT molecular complexity index is 1420. The molecule has 0 bridgehead atoms. The van der Waals surface area contributed by atoms with Gasteiger partial charge < -0.3 is 63.8 Å². The smallest absolute Gasteiger partial charge is 0.229 e. The maximum Gasteiger partial charge on any atom is 0.229 e. The summed E-state index contributed by atoms with van der Waals surface area (Å²) in [4.78, 5) is 13.2. The molecule has 5 rings (SSSR count). The number of hydrogen-bond acceptors (Lipinski definition) is 14. The van der Waals surface area contributed by atoms with Crippen molar-refractivity contribution in [3.05, 3.63) is 52.9 Å². The van der Waals surface area contributed by atoms with E-state index in [4.69, 9.17) is 28.1 Å². The molecule has 2 aliphatic heterocycles. The molecular weight excluding hydrogens is 548 g/mol. The van der Waals surface area contributed by atoms with Crippen LogP contribution in [0, 0.1) is 0 Å². The maximum atomic E-state index is 13.2. The Morgan fingerprint density at radius 1 is 1.00 bits per heavy atom. The molecule has 0 amide bonds. The highest BCUT2D eigenvalue weighted by Crippen LogP contribution is 2.33. The van der Waals surface area contributed by atoms with Gasteiger partial charge in [-0.25, -0.2) is 0 Å². The Labute approximate surface area is 232 Å². The van der Waals surface area contributed by atoms with Gasteiger partial charge in [0.25, 0.3) is 0 Å². The van der Waals surface area contributed by atoms with E-state index >= 15 is 0 Å². The number of aliphatic hydroxyl groups excluding tert-OH is 5. The van der Waals surface area contributed by atoms with Crippen LogP contribution in [0.5, 0.6) is 17.2 Å². The van der Waals surface area contributed by atoms with E-state index in [1.165, 1.54) is 19.4 Å². The number of aromatic hydroxyl groups is 1. The first kappa shape index (κ1) is 29.2. The van der Waals surface area contributed by atoms with Crippen LogP contribution in [-0.4, -0.2) is 111 Å². The highest BCUT2D eigenvalue weighted by Gasteiger charge is 2.50. The number of hydrogen-bond donors (Lipinski definition) is 7. The molecular formula is C27H30O14. The normalized spacial score (nSPS) is 31.8. The molecule has 2 fully saturated rings. The number of phenols is 1. The van der Waals surface area contributed by atoms with Gasteiger partial charge >= 0.3 is 0 Å². The molecule has 3 heterocycles. The second-order valence-electron chi connectivity index (χ2n) is 9.87. The van der Waals surface area contributed by atoms with Crippen molar-refractivity contribution in [3.8, 4) is 28.4 Å². The lowest BCUT2D eigenvalue weighted by Gasteiger charge is -2.40. The van der Waals surface area contributed by atoms with E-state index in [1.807, 2.05) is 0 Å². The predicted octanol–water partition coefficient (Wildman–Crippen LogP) is -1.18. The average molecular weight is 579 g/mol. The number of phenolic OH excluding ortho intramolecular Hbond substituents is 1. The Kier molecular flexibility index (Phi) is 8.20. The van der Waals surface area contributed by atoms with Crippen molar-refractivity contribution in [2.45, 2.75) is 48.7 Å². The number of methoxy groups -OCH3 is 1. The highest BCUT2D eigenvalue weighted by atomic mass is 16.7. The maximum absolute atomic E-state index is 13.2. The van der Waals surface area contributed by atoms with Gasteiger partial charge in [0, 0.05) is 12.1 Å². The number of rotatable bonds is 8. The highest BCUT2D eigenvalue weighted by molar-refractivity contribution is 5.88. The lowest BCUT2D eigenvalue weighted by molar-refractivity contribution is -0.289. The molecule has 2 aliphatic rings. The standard InChI is InChI=1S/C27H30O14/c1-36-13-4-2-12(3-5-13)15-8-37-17-7-14(6-16(29)19(17)20(15)30)40-25-23(33)22(32)21(31)18(41-25)9-38-26-24(34)27(35,10-28)11-39-26/h2-8,18,21-26,28-29,31-35H,9-11H2,1H3/t18-,21-,22+,23-,24+,25-,26-,27+/m1/s1. The van der Waals surface area contributed by atoms with Crippen molar-refractivity contribution in [1.82, 2.24) is 0 Å². The van der Waals surface area contributed by atoms with E-state index in [0.717, 1.165) is 6.07 Å². The summed E-state index contributed by atoms with van der Waals surface area (Å²) in [6.07, 6.45) is -9.73. The lowest BCUT2D eigenvalue weighted by atomic mass is 9.99. The van der Waals surface area contributed by atoms with E-state index in [1.54, 1.807) is 24.3 Å². The van der Waals surface area contributed by atoms with Gasteiger partial charge in [0.2, 0.25) is 11.7 Å². The van der Waals surface area contributed by atoms with Gasteiger partial charge in [-0.15, -0.1) is 0 Å². The molecule has 0 aliphatic carbocycles. The topological polar surface area (TPSA) is 218 Å². The summed E-state index contributed by atoms with van der Waals surface area (Å²) >= 11 is 0. The van der Waals surface area contributed by atoms with Crippen molar-refractivity contribution in [2.75, 3.05) is 26.9 Å². The number of ether oxygens (including phenoxy) is 5.